The number of carbonyl (C=O) groups excluding carboxylic acids is 2. The topological polar surface area (TPSA) is 73.5 Å². The Morgan fingerprint density at radius 2 is 1.97 bits per heavy atom. The normalized spacial score (nSPS) is 26.3. The molecule has 0 saturated carbocycles. The van der Waals surface area contributed by atoms with Crippen molar-refractivity contribution in [1.82, 2.24) is 20.9 Å². The predicted octanol–water partition coefficient (Wildman–Crippen LogP) is 2.18. The van der Waals surface area contributed by atoms with Crippen molar-refractivity contribution in [3.05, 3.63) is 35.4 Å². The highest BCUT2D eigenvalue weighted by atomic mass is 35.5. The average molecular weight is 435 g/mol. The zero-order valence-electron chi connectivity index (χ0n) is 17.7. The zero-order valence-corrected chi connectivity index (χ0v) is 18.5. The number of fused-ring (bicyclic) bond motifs is 1. The van der Waals surface area contributed by atoms with Gasteiger partial charge in [-0.15, -0.1) is 12.4 Å². The lowest BCUT2D eigenvalue weighted by Gasteiger charge is -2.33. The van der Waals surface area contributed by atoms with Crippen LogP contribution in [0.25, 0.3) is 0 Å². The van der Waals surface area contributed by atoms with Gasteiger partial charge in [-0.2, -0.15) is 0 Å². The lowest BCUT2D eigenvalue weighted by Crippen LogP contribution is -2.47. The molecule has 0 aromatic heterocycles. The molecule has 0 bridgehead atoms. The van der Waals surface area contributed by atoms with Crippen molar-refractivity contribution in [3.8, 4) is 0 Å². The molecular weight excluding hydrogens is 400 g/mol. The number of aryl methyl sites for hydroxylation is 1. The first-order chi connectivity index (χ1) is 14.2. The summed E-state index contributed by atoms with van der Waals surface area (Å²) in [5, 5.41) is 9.63. The number of rotatable bonds is 6. The minimum absolute atomic E-state index is 0. The predicted molar refractivity (Wildman–Crippen MR) is 121 cm³/mol. The lowest BCUT2D eigenvalue weighted by molar-refractivity contribution is -0.124. The molecule has 166 valence electrons. The Morgan fingerprint density at radius 3 is 2.80 bits per heavy atom. The van der Waals surface area contributed by atoms with E-state index in [0.717, 1.165) is 64.6 Å². The summed E-state index contributed by atoms with van der Waals surface area (Å²) in [6.45, 7) is 3.95. The molecule has 2 amide bonds. The van der Waals surface area contributed by atoms with Crippen molar-refractivity contribution in [2.45, 2.75) is 57.0 Å². The van der Waals surface area contributed by atoms with Gasteiger partial charge in [0.25, 0.3) is 0 Å². The Balaban J connectivity index is 0.00000256. The second-order valence-corrected chi connectivity index (χ2v) is 8.85. The van der Waals surface area contributed by atoms with Crippen LogP contribution in [0, 0.1) is 5.92 Å². The lowest BCUT2D eigenvalue weighted by atomic mass is 9.88. The standard InChI is InChI=1S/C23H34N4O2.ClH/c28-22(26-20-10-3-8-18-7-1-2-9-19(18)20)16-27-13-5-6-17(15-27)14-25-23(29)21-11-4-12-24-21;/h1-2,7,9,17,20-21,24H,3-6,8,10-16H2,(H,25,29)(H,26,28);1H. The number of carbonyl (C=O) groups is 2. The molecule has 2 heterocycles. The van der Waals surface area contributed by atoms with Crippen molar-refractivity contribution in [1.29, 1.82) is 0 Å². The van der Waals surface area contributed by atoms with E-state index in [1.165, 1.54) is 11.1 Å². The molecule has 2 fully saturated rings. The molecule has 3 aliphatic rings. The zero-order chi connectivity index (χ0) is 20.1. The van der Waals surface area contributed by atoms with Crippen LogP contribution in [0.1, 0.15) is 55.7 Å². The van der Waals surface area contributed by atoms with Gasteiger partial charge in [-0.25, -0.2) is 0 Å². The van der Waals surface area contributed by atoms with Gasteiger partial charge in [-0.05, 0) is 75.1 Å². The summed E-state index contributed by atoms with van der Waals surface area (Å²) in [6.07, 6.45) is 7.48. The average Bonchev–Trinajstić information content (AvgIpc) is 3.28. The fourth-order valence-corrected chi connectivity index (χ4v) is 5.08. The van der Waals surface area contributed by atoms with E-state index in [1.54, 1.807) is 0 Å². The van der Waals surface area contributed by atoms with Gasteiger partial charge in [-0.1, -0.05) is 24.3 Å². The van der Waals surface area contributed by atoms with Crippen LogP contribution >= 0.6 is 12.4 Å². The molecule has 0 spiro atoms. The monoisotopic (exact) mass is 434 g/mol. The quantitative estimate of drug-likeness (QED) is 0.641. The molecule has 4 rings (SSSR count). The van der Waals surface area contributed by atoms with Gasteiger partial charge < -0.3 is 16.0 Å². The van der Waals surface area contributed by atoms with Gasteiger partial charge in [0.1, 0.15) is 0 Å². The second kappa shape index (κ2) is 11.1. The number of hydrogen-bond donors (Lipinski definition) is 3. The number of nitrogens with zero attached hydrogens (tertiary/aromatic N) is 1. The third kappa shape index (κ3) is 5.96. The summed E-state index contributed by atoms with van der Waals surface area (Å²) in [6, 6.07) is 8.60. The molecule has 1 aromatic rings. The summed E-state index contributed by atoms with van der Waals surface area (Å²) in [7, 11) is 0. The molecule has 3 atom stereocenters. The molecule has 2 aliphatic heterocycles. The van der Waals surface area contributed by atoms with E-state index in [9.17, 15) is 9.59 Å². The Bertz CT molecular complexity index is 723. The first kappa shape index (κ1) is 23.0. The molecule has 3 unspecified atom stereocenters. The van der Waals surface area contributed by atoms with Crippen molar-refractivity contribution in [2.75, 3.05) is 32.7 Å². The molecule has 2 saturated heterocycles. The van der Waals surface area contributed by atoms with Gasteiger partial charge in [-0.3, -0.25) is 14.5 Å². The molecule has 30 heavy (non-hydrogen) atoms. The molecule has 3 N–H and O–H groups in total. The minimum atomic E-state index is -0.0150. The fraction of sp³-hybridized carbons (Fsp3) is 0.652. The number of benzene rings is 1. The highest BCUT2D eigenvalue weighted by molar-refractivity contribution is 5.85. The highest BCUT2D eigenvalue weighted by Gasteiger charge is 2.26. The van der Waals surface area contributed by atoms with Crippen LogP contribution in [-0.4, -0.2) is 55.5 Å². The molecule has 6 nitrogen and oxygen atoms in total. The van der Waals surface area contributed by atoms with E-state index in [1.807, 2.05) is 0 Å². The van der Waals surface area contributed by atoms with Gasteiger partial charge in [0.2, 0.25) is 11.8 Å². The number of piperidine rings is 1. The molecule has 0 radical (unpaired) electrons. The Labute approximate surface area is 186 Å². The van der Waals surface area contributed by atoms with Crippen LogP contribution in [0.2, 0.25) is 0 Å². The molecular formula is C23H35ClN4O2. The van der Waals surface area contributed by atoms with Crippen molar-refractivity contribution in [2.24, 2.45) is 5.92 Å². The van der Waals surface area contributed by atoms with Gasteiger partial charge >= 0.3 is 0 Å². The highest BCUT2D eigenvalue weighted by Crippen LogP contribution is 2.29. The van der Waals surface area contributed by atoms with E-state index < -0.39 is 0 Å². The van der Waals surface area contributed by atoms with Gasteiger partial charge in [0.15, 0.2) is 0 Å². The fourth-order valence-electron chi connectivity index (χ4n) is 5.08. The van der Waals surface area contributed by atoms with E-state index in [0.29, 0.717) is 19.0 Å². The number of nitrogens with one attached hydrogen (secondary N) is 3. The van der Waals surface area contributed by atoms with Crippen LogP contribution in [0.4, 0.5) is 0 Å². The maximum Gasteiger partial charge on any atom is 0.237 e. The van der Waals surface area contributed by atoms with Crippen LogP contribution in [-0.2, 0) is 16.0 Å². The Morgan fingerprint density at radius 1 is 1.10 bits per heavy atom. The SMILES string of the molecule is Cl.O=C(CN1CCCC(CNC(=O)C2CCCN2)C1)NC1CCCc2ccccc21. The first-order valence-corrected chi connectivity index (χ1v) is 11.3. The van der Waals surface area contributed by atoms with E-state index in [-0.39, 0.29) is 36.3 Å². The largest absolute Gasteiger partial charge is 0.354 e. The maximum atomic E-state index is 12.7. The number of likely N-dealkylation sites (tertiary alicyclic amines) is 1. The smallest absolute Gasteiger partial charge is 0.237 e. The number of hydrogen-bond acceptors (Lipinski definition) is 4. The van der Waals surface area contributed by atoms with Crippen LogP contribution in [0.15, 0.2) is 24.3 Å². The third-order valence-corrected chi connectivity index (χ3v) is 6.62. The van der Waals surface area contributed by atoms with Gasteiger partial charge in [0.05, 0.1) is 18.6 Å². The third-order valence-electron chi connectivity index (χ3n) is 6.62. The second-order valence-electron chi connectivity index (χ2n) is 8.85. The van der Waals surface area contributed by atoms with E-state index in [2.05, 4.69) is 45.1 Å². The molecule has 1 aliphatic carbocycles. The first-order valence-electron chi connectivity index (χ1n) is 11.3. The summed E-state index contributed by atoms with van der Waals surface area (Å²) >= 11 is 0. The van der Waals surface area contributed by atoms with Crippen LogP contribution < -0.4 is 16.0 Å². The van der Waals surface area contributed by atoms with Crippen molar-refractivity contribution in [3.63, 3.8) is 0 Å². The van der Waals surface area contributed by atoms with Crippen molar-refractivity contribution >= 4 is 24.2 Å². The molecule has 1 aromatic carbocycles. The summed E-state index contributed by atoms with van der Waals surface area (Å²) in [5.74, 6) is 0.678. The van der Waals surface area contributed by atoms with Gasteiger partial charge in [0, 0.05) is 13.1 Å². The van der Waals surface area contributed by atoms with Crippen molar-refractivity contribution < 1.29 is 9.59 Å². The summed E-state index contributed by atoms with van der Waals surface area (Å²) in [4.78, 5) is 27.2. The number of amides is 2. The summed E-state index contributed by atoms with van der Waals surface area (Å²) < 4.78 is 0. The van der Waals surface area contributed by atoms with Crippen LogP contribution in [0.5, 0.6) is 0 Å². The molecule has 7 heteroatoms. The maximum absolute atomic E-state index is 12.7. The van der Waals surface area contributed by atoms with Crippen LogP contribution in [0.3, 0.4) is 0 Å². The van der Waals surface area contributed by atoms with E-state index in [4.69, 9.17) is 0 Å². The Kier molecular flexibility index (Phi) is 8.54. The Hall–Kier alpha value is -1.63. The number of halogens is 1. The summed E-state index contributed by atoms with van der Waals surface area (Å²) in [5.41, 5.74) is 2.65. The van der Waals surface area contributed by atoms with E-state index >= 15 is 0 Å². The minimum Gasteiger partial charge on any atom is -0.354 e.